The molecule has 3 fully saturated rings. The zero-order chi connectivity index (χ0) is 27.7. The molecule has 12 nitrogen and oxygen atoms in total. The maximum absolute atomic E-state index is 13.3. The van der Waals surface area contributed by atoms with Crippen LogP contribution in [0.2, 0.25) is 5.02 Å². The third-order valence-corrected chi connectivity index (χ3v) is 8.34. The molecule has 2 N–H and O–H groups in total. The summed E-state index contributed by atoms with van der Waals surface area (Å²) in [4.78, 5) is 45.6. The number of aromatic nitrogens is 1. The van der Waals surface area contributed by atoms with Crippen LogP contribution in [0.15, 0.2) is 18.3 Å². The molecule has 0 aliphatic carbocycles. The Morgan fingerprint density at radius 3 is 2.34 bits per heavy atom. The van der Waals surface area contributed by atoms with Crippen LogP contribution in [0.3, 0.4) is 0 Å². The number of rotatable bonds is 6. The number of hydrogen-bond donors (Lipinski definition) is 2. The van der Waals surface area contributed by atoms with Gasteiger partial charge in [0.2, 0.25) is 5.88 Å². The minimum Gasteiger partial charge on any atom is -0.771 e. The first-order valence-corrected chi connectivity index (χ1v) is 14.1. The first-order chi connectivity index (χ1) is 17.9. The molecule has 38 heavy (non-hydrogen) atoms. The molecule has 1 aromatic heterocycles. The van der Waals surface area contributed by atoms with Gasteiger partial charge in [-0.15, -0.1) is 0 Å². The van der Waals surface area contributed by atoms with E-state index < -0.39 is 51.5 Å². The van der Waals surface area contributed by atoms with Gasteiger partial charge in [-0.05, 0) is 69.5 Å². The molecular formula is C24H33ClN5O7S-. The van der Waals surface area contributed by atoms with Crippen LogP contribution >= 0.6 is 11.6 Å². The molecule has 3 saturated heterocycles. The van der Waals surface area contributed by atoms with E-state index in [1.807, 2.05) is 0 Å². The molecule has 210 valence electrons. The van der Waals surface area contributed by atoms with Crippen molar-refractivity contribution in [1.29, 1.82) is 0 Å². The number of carbonyl (C=O) groups excluding carboxylic acids is 3. The first kappa shape index (κ1) is 28.5. The minimum atomic E-state index is -2.72. The molecule has 0 spiro atoms. The van der Waals surface area contributed by atoms with Crippen molar-refractivity contribution in [2.24, 2.45) is 5.92 Å². The average Bonchev–Trinajstić information content (AvgIpc) is 3.14. The van der Waals surface area contributed by atoms with Crippen LogP contribution in [-0.2, 0) is 20.6 Å². The monoisotopic (exact) mass is 570 g/mol. The summed E-state index contributed by atoms with van der Waals surface area (Å²) in [5, 5.41) is 4.14. The maximum atomic E-state index is 13.3. The number of urea groups is 1. The molecule has 0 radical (unpaired) electrons. The Bertz CT molecular complexity index is 1070. The lowest BCUT2D eigenvalue weighted by Gasteiger charge is -2.49. The number of piperidine rings is 2. The molecule has 3 unspecified atom stereocenters. The lowest BCUT2D eigenvalue weighted by molar-refractivity contribution is -0.129. The van der Waals surface area contributed by atoms with Crippen molar-refractivity contribution in [2.75, 3.05) is 26.2 Å². The molecular weight excluding hydrogens is 538 g/mol. The molecule has 4 rings (SSSR count). The number of likely N-dealkylation sites (tertiary alicyclic amines) is 2. The molecule has 4 amide bonds. The fourth-order valence-corrected chi connectivity index (χ4v) is 6.61. The number of amides is 4. The number of halogens is 1. The van der Waals surface area contributed by atoms with Crippen molar-refractivity contribution in [3.8, 4) is 5.88 Å². The van der Waals surface area contributed by atoms with Crippen molar-refractivity contribution in [3.05, 3.63) is 23.4 Å². The number of ether oxygens (including phenoxy) is 2. The van der Waals surface area contributed by atoms with Crippen LogP contribution in [-0.4, -0.2) is 90.4 Å². The predicted molar refractivity (Wildman–Crippen MR) is 137 cm³/mol. The lowest BCUT2D eigenvalue weighted by Crippen LogP contribution is -2.69. The van der Waals surface area contributed by atoms with Gasteiger partial charge in [-0.2, -0.15) is 0 Å². The summed E-state index contributed by atoms with van der Waals surface area (Å²) in [5.74, 6) is -0.758. The van der Waals surface area contributed by atoms with Crippen LogP contribution in [0.4, 0.5) is 9.59 Å². The van der Waals surface area contributed by atoms with Crippen LogP contribution in [0.5, 0.6) is 5.88 Å². The Labute approximate surface area is 229 Å². The number of carbonyl (C=O) groups is 3. The van der Waals surface area contributed by atoms with Crippen molar-refractivity contribution in [1.82, 2.24) is 25.4 Å². The van der Waals surface area contributed by atoms with Gasteiger partial charge >= 0.3 is 12.1 Å². The summed E-state index contributed by atoms with van der Waals surface area (Å²) in [7, 11) is 0. The number of nitrogens with zero attached hydrogens (tertiary/aromatic N) is 3. The molecule has 3 atom stereocenters. The fourth-order valence-electron chi connectivity index (χ4n) is 5.38. The normalized spacial score (nSPS) is 25.4. The standard InChI is InChI=1S/C24H34ClN5O7S/c1-23(2,3)37-22(33)30-10-6-15(7-11-30)24(19(31)27-21(32)28-24)20(38(34)35)29-12-8-17(9-13-29)36-18-5-4-16(25)14-26-18/h4-5,14-15,17,20H,6-13H2,1-3H3,(H,34,35)(H2,27,28,31,32)/p-1. The third kappa shape index (κ3) is 6.22. The molecule has 0 saturated carbocycles. The van der Waals surface area contributed by atoms with Crippen molar-refractivity contribution < 1.29 is 32.6 Å². The number of imide groups is 1. The van der Waals surface area contributed by atoms with Crippen LogP contribution in [0.25, 0.3) is 0 Å². The SMILES string of the molecule is CC(C)(C)OC(=O)N1CCC(C2(C(N3CCC(Oc4ccc(Cl)cn4)CC3)S(=O)[O-])NC(=O)NC2=O)CC1. The van der Waals surface area contributed by atoms with Crippen molar-refractivity contribution in [2.45, 2.75) is 69.1 Å². The van der Waals surface area contributed by atoms with E-state index >= 15 is 0 Å². The van der Waals surface area contributed by atoms with Gasteiger partial charge in [0, 0.05) is 38.4 Å². The van der Waals surface area contributed by atoms with Crippen LogP contribution < -0.4 is 15.4 Å². The summed E-state index contributed by atoms with van der Waals surface area (Å²) in [6.45, 7) is 6.54. The van der Waals surface area contributed by atoms with Crippen molar-refractivity contribution in [3.63, 3.8) is 0 Å². The average molecular weight is 571 g/mol. The predicted octanol–water partition coefficient (Wildman–Crippen LogP) is 2.01. The summed E-state index contributed by atoms with van der Waals surface area (Å²) in [6.07, 6.45) is 2.47. The van der Waals surface area contributed by atoms with Gasteiger partial charge in [0.25, 0.3) is 5.91 Å². The van der Waals surface area contributed by atoms with Gasteiger partial charge in [0.05, 0.1) is 5.02 Å². The van der Waals surface area contributed by atoms with E-state index in [0.717, 1.165) is 0 Å². The van der Waals surface area contributed by atoms with Gasteiger partial charge in [-0.1, -0.05) is 11.6 Å². The van der Waals surface area contributed by atoms with Gasteiger partial charge < -0.3 is 24.2 Å². The second-order valence-electron chi connectivity index (χ2n) is 10.8. The summed E-state index contributed by atoms with van der Waals surface area (Å²) < 4.78 is 36.8. The smallest absolute Gasteiger partial charge is 0.410 e. The largest absolute Gasteiger partial charge is 0.771 e. The van der Waals surface area contributed by atoms with E-state index in [2.05, 4.69) is 15.6 Å². The molecule has 0 bridgehead atoms. The highest BCUT2D eigenvalue weighted by Gasteiger charge is 2.59. The lowest BCUT2D eigenvalue weighted by atomic mass is 9.76. The van der Waals surface area contributed by atoms with Gasteiger partial charge in [-0.3, -0.25) is 19.2 Å². The molecule has 1 aromatic rings. The second kappa shape index (κ2) is 11.3. The van der Waals surface area contributed by atoms with E-state index in [9.17, 15) is 23.1 Å². The topological polar surface area (TPSA) is 153 Å². The zero-order valence-corrected chi connectivity index (χ0v) is 23.2. The Balaban J connectivity index is 1.48. The second-order valence-corrected chi connectivity index (χ2v) is 12.2. The highest BCUT2D eigenvalue weighted by molar-refractivity contribution is 7.79. The molecule has 14 heteroatoms. The van der Waals surface area contributed by atoms with Crippen LogP contribution in [0.1, 0.15) is 46.5 Å². The molecule has 0 aromatic carbocycles. The van der Waals surface area contributed by atoms with Gasteiger partial charge in [0.1, 0.15) is 22.6 Å². The molecule has 4 heterocycles. The quantitative estimate of drug-likeness (QED) is 0.386. The van der Waals surface area contributed by atoms with E-state index in [-0.39, 0.29) is 19.2 Å². The number of hydrogen-bond acceptors (Lipinski definition) is 9. The Kier molecular flexibility index (Phi) is 8.50. The van der Waals surface area contributed by atoms with Crippen LogP contribution in [0, 0.1) is 5.92 Å². The van der Waals surface area contributed by atoms with E-state index in [1.54, 1.807) is 42.7 Å². The maximum Gasteiger partial charge on any atom is 0.410 e. The Hall–Kier alpha value is -2.48. The van der Waals surface area contributed by atoms with E-state index in [0.29, 0.717) is 49.7 Å². The minimum absolute atomic E-state index is 0.194. The number of pyridine rings is 1. The summed E-state index contributed by atoms with van der Waals surface area (Å²) in [5.41, 5.74) is -2.34. The van der Waals surface area contributed by atoms with E-state index in [1.165, 1.54) is 6.20 Å². The fraction of sp³-hybridized carbons (Fsp3) is 0.667. The van der Waals surface area contributed by atoms with E-state index in [4.69, 9.17) is 21.1 Å². The van der Waals surface area contributed by atoms with Gasteiger partial charge in [-0.25, -0.2) is 14.6 Å². The Morgan fingerprint density at radius 1 is 1.18 bits per heavy atom. The first-order valence-electron chi connectivity index (χ1n) is 12.6. The third-order valence-electron chi connectivity index (χ3n) is 7.08. The highest BCUT2D eigenvalue weighted by atomic mass is 35.5. The van der Waals surface area contributed by atoms with Gasteiger partial charge in [0.15, 0.2) is 0 Å². The summed E-state index contributed by atoms with van der Waals surface area (Å²) in [6, 6.07) is 2.61. The molecule has 3 aliphatic rings. The highest BCUT2D eigenvalue weighted by Crippen LogP contribution is 2.38. The zero-order valence-electron chi connectivity index (χ0n) is 21.6. The Morgan fingerprint density at radius 2 is 1.84 bits per heavy atom. The van der Waals surface area contributed by atoms with Crippen molar-refractivity contribution >= 4 is 40.7 Å². The molecule has 3 aliphatic heterocycles. The number of nitrogens with one attached hydrogen (secondary N) is 2. The summed E-state index contributed by atoms with van der Waals surface area (Å²) >= 11 is 3.15.